The third-order valence-electron chi connectivity index (χ3n) is 3.42. The molecule has 10 heteroatoms. The molecular formula is C17H15F4N3O3. The number of hydrogen-bond acceptors (Lipinski definition) is 4. The van der Waals surface area contributed by atoms with Gasteiger partial charge in [0, 0.05) is 0 Å². The van der Waals surface area contributed by atoms with Gasteiger partial charge in [-0.25, -0.2) is 9.37 Å². The highest BCUT2D eigenvalue weighted by Gasteiger charge is 2.33. The number of nitrogens with zero attached hydrogens (tertiary/aromatic N) is 1. The summed E-state index contributed by atoms with van der Waals surface area (Å²) in [6, 6.07) is 6.60. The molecule has 1 heterocycles. The van der Waals surface area contributed by atoms with E-state index in [0.717, 1.165) is 18.2 Å². The zero-order valence-corrected chi connectivity index (χ0v) is 14.2. The molecule has 0 radical (unpaired) electrons. The number of carbonyl (C=O) groups excluding carboxylic acids is 2. The van der Waals surface area contributed by atoms with Crippen LogP contribution in [-0.4, -0.2) is 22.9 Å². The maximum atomic E-state index is 12.8. The summed E-state index contributed by atoms with van der Waals surface area (Å²) in [5.74, 6) is -1.78. The van der Waals surface area contributed by atoms with Crippen LogP contribution in [0.3, 0.4) is 0 Å². The number of pyridine rings is 1. The molecule has 0 aliphatic carbocycles. The van der Waals surface area contributed by atoms with E-state index in [-0.39, 0.29) is 17.0 Å². The fourth-order valence-electron chi connectivity index (χ4n) is 2.02. The van der Waals surface area contributed by atoms with Gasteiger partial charge in [0.15, 0.2) is 6.10 Å². The van der Waals surface area contributed by atoms with E-state index in [0.29, 0.717) is 6.07 Å². The highest BCUT2D eigenvalue weighted by Crippen LogP contribution is 2.28. The van der Waals surface area contributed by atoms with Crippen LogP contribution in [0.5, 0.6) is 5.75 Å². The molecule has 0 aliphatic heterocycles. The van der Waals surface area contributed by atoms with Gasteiger partial charge in [0.2, 0.25) is 0 Å². The number of rotatable bonds is 4. The lowest BCUT2D eigenvalue weighted by Crippen LogP contribution is -2.47. The van der Waals surface area contributed by atoms with Gasteiger partial charge in [-0.3, -0.25) is 20.4 Å². The number of amides is 2. The monoisotopic (exact) mass is 385 g/mol. The number of benzene rings is 1. The molecule has 2 rings (SSSR count). The van der Waals surface area contributed by atoms with E-state index >= 15 is 0 Å². The van der Waals surface area contributed by atoms with Crippen molar-refractivity contribution in [3.05, 3.63) is 59.2 Å². The smallest absolute Gasteiger partial charge is 0.433 e. The first-order chi connectivity index (χ1) is 12.6. The number of carbonyl (C=O) groups is 2. The van der Waals surface area contributed by atoms with Gasteiger partial charge in [0.05, 0.1) is 11.3 Å². The maximum Gasteiger partial charge on any atom is 0.433 e. The number of hydrogen-bond donors (Lipinski definition) is 2. The fourth-order valence-corrected chi connectivity index (χ4v) is 2.02. The molecule has 144 valence electrons. The molecule has 1 atom stereocenters. The summed E-state index contributed by atoms with van der Waals surface area (Å²) in [6.45, 7) is 2.64. The predicted molar refractivity (Wildman–Crippen MR) is 86.1 cm³/mol. The molecule has 1 unspecified atom stereocenters. The van der Waals surface area contributed by atoms with Gasteiger partial charge in [-0.1, -0.05) is 0 Å². The molecule has 2 aromatic rings. The normalized spacial score (nSPS) is 12.2. The van der Waals surface area contributed by atoms with Crippen LogP contribution in [0.1, 0.15) is 28.7 Å². The van der Waals surface area contributed by atoms with Crippen LogP contribution < -0.4 is 15.6 Å². The molecule has 0 fully saturated rings. The van der Waals surface area contributed by atoms with Crippen LogP contribution in [0.15, 0.2) is 36.4 Å². The molecular weight excluding hydrogens is 370 g/mol. The predicted octanol–water partition coefficient (Wildman–Crippen LogP) is 2.78. The van der Waals surface area contributed by atoms with Crippen molar-refractivity contribution in [2.24, 2.45) is 0 Å². The van der Waals surface area contributed by atoms with Crippen LogP contribution in [0.25, 0.3) is 0 Å². The van der Waals surface area contributed by atoms with Crippen molar-refractivity contribution in [1.82, 2.24) is 15.8 Å². The van der Waals surface area contributed by atoms with Gasteiger partial charge in [-0.05, 0) is 50.2 Å². The van der Waals surface area contributed by atoms with Gasteiger partial charge in [-0.2, -0.15) is 13.2 Å². The second kappa shape index (κ2) is 8.02. The van der Waals surface area contributed by atoms with Gasteiger partial charge in [-0.15, -0.1) is 0 Å². The Kier molecular flexibility index (Phi) is 5.98. The summed E-state index contributed by atoms with van der Waals surface area (Å²) < 4.78 is 55.9. The minimum atomic E-state index is -4.62. The average molecular weight is 385 g/mol. The van der Waals surface area contributed by atoms with Gasteiger partial charge in [0.25, 0.3) is 11.8 Å². The molecule has 2 amide bonds. The molecule has 1 aromatic heterocycles. The molecule has 1 aromatic carbocycles. The molecule has 0 aliphatic rings. The van der Waals surface area contributed by atoms with Crippen molar-refractivity contribution in [2.75, 3.05) is 0 Å². The Hall–Kier alpha value is -3.17. The number of hydrazine groups is 1. The van der Waals surface area contributed by atoms with Crippen molar-refractivity contribution in [2.45, 2.75) is 26.1 Å². The summed E-state index contributed by atoms with van der Waals surface area (Å²) in [6.07, 6.45) is -5.65. The zero-order chi connectivity index (χ0) is 20.2. The Labute approximate surface area is 151 Å². The van der Waals surface area contributed by atoms with Crippen LogP contribution >= 0.6 is 0 Å². The minimum absolute atomic E-state index is 0.129. The van der Waals surface area contributed by atoms with Crippen molar-refractivity contribution in [3.8, 4) is 5.75 Å². The van der Waals surface area contributed by atoms with E-state index in [1.165, 1.54) is 26.0 Å². The molecule has 2 N–H and O–H groups in total. The Balaban J connectivity index is 1.94. The number of halogens is 4. The standard InChI is InChI=1S/C17H15F4N3O3/c1-9-13(7-8-14(22-9)17(19,20)21)16(26)24-23-15(25)10(2)27-12-5-3-11(18)4-6-12/h3-8,10H,1-2H3,(H,23,25)(H,24,26). The van der Waals surface area contributed by atoms with E-state index in [2.05, 4.69) is 15.8 Å². The van der Waals surface area contributed by atoms with Crippen LogP contribution in [0, 0.1) is 12.7 Å². The van der Waals surface area contributed by atoms with Crippen molar-refractivity contribution < 1.29 is 31.9 Å². The van der Waals surface area contributed by atoms with Crippen molar-refractivity contribution >= 4 is 11.8 Å². The highest BCUT2D eigenvalue weighted by atomic mass is 19.4. The van der Waals surface area contributed by atoms with Crippen LogP contribution in [0.4, 0.5) is 17.6 Å². The molecule has 0 saturated heterocycles. The van der Waals surface area contributed by atoms with Gasteiger partial charge >= 0.3 is 6.18 Å². The Morgan fingerprint density at radius 3 is 2.26 bits per heavy atom. The topological polar surface area (TPSA) is 80.3 Å². The first-order valence-electron chi connectivity index (χ1n) is 7.65. The van der Waals surface area contributed by atoms with E-state index in [1.54, 1.807) is 0 Å². The number of alkyl halides is 3. The lowest BCUT2D eigenvalue weighted by atomic mass is 10.1. The quantitative estimate of drug-likeness (QED) is 0.627. The summed E-state index contributed by atoms with van der Waals surface area (Å²) in [4.78, 5) is 27.3. The summed E-state index contributed by atoms with van der Waals surface area (Å²) in [7, 11) is 0. The first-order valence-corrected chi connectivity index (χ1v) is 7.65. The van der Waals surface area contributed by atoms with Crippen molar-refractivity contribution in [3.63, 3.8) is 0 Å². The molecule has 0 bridgehead atoms. The van der Waals surface area contributed by atoms with Crippen molar-refractivity contribution in [1.29, 1.82) is 0 Å². The fraction of sp³-hybridized carbons (Fsp3) is 0.235. The number of aryl methyl sites for hydroxylation is 1. The Morgan fingerprint density at radius 1 is 1.07 bits per heavy atom. The summed E-state index contributed by atoms with van der Waals surface area (Å²) in [5.41, 5.74) is 2.77. The summed E-state index contributed by atoms with van der Waals surface area (Å²) >= 11 is 0. The van der Waals surface area contributed by atoms with E-state index in [4.69, 9.17) is 4.74 Å². The molecule has 0 saturated carbocycles. The molecule has 27 heavy (non-hydrogen) atoms. The van der Waals surface area contributed by atoms with Gasteiger partial charge in [0.1, 0.15) is 17.3 Å². The minimum Gasteiger partial charge on any atom is -0.481 e. The van der Waals surface area contributed by atoms with Crippen LogP contribution in [0.2, 0.25) is 0 Å². The van der Waals surface area contributed by atoms with E-state index < -0.39 is 35.6 Å². The number of nitrogens with one attached hydrogen (secondary N) is 2. The molecule has 0 spiro atoms. The third-order valence-corrected chi connectivity index (χ3v) is 3.42. The number of ether oxygens (including phenoxy) is 1. The van der Waals surface area contributed by atoms with E-state index in [9.17, 15) is 27.2 Å². The van der Waals surface area contributed by atoms with Gasteiger partial charge < -0.3 is 4.74 Å². The second-order valence-electron chi connectivity index (χ2n) is 5.48. The highest BCUT2D eigenvalue weighted by molar-refractivity contribution is 5.96. The lowest BCUT2D eigenvalue weighted by molar-refractivity contribution is -0.141. The number of aromatic nitrogens is 1. The zero-order valence-electron chi connectivity index (χ0n) is 14.2. The SMILES string of the molecule is Cc1nc(C(F)(F)F)ccc1C(=O)NNC(=O)C(C)Oc1ccc(F)cc1. The first kappa shape index (κ1) is 20.1. The third kappa shape index (κ3) is 5.40. The van der Waals surface area contributed by atoms with Crippen LogP contribution in [-0.2, 0) is 11.0 Å². The van der Waals surface area contributed by atoms with E-state index in [1.807, 2.05) is 0 Å². The maximum absolute atomic E-state index is 12.8. The summed E-state index contributed by atoms with van der Waals surface area (Å²) in [5, 5.41) is 0. The second-order valence-corrected chi connectivity index (χ2v) is 5.48. The Bertz CT molecular complexity index is 838. The average Bonchev–Trinajstić information content (AvgIpc) is 2.60. The Morgan fingerprint density at radius 2 is 1.70 bits per heavy atom. The molecule has 6 nitrogen and oxygen atoms in total. The lowest BCUT2D eigenvalue weighted by Gasteiger charge is -2.15. The largest absolute Gasteiger partial charge is 0.481 e.